The standard InChI is InChI=1S/C8H15NO3/c1-8(2)4-3-6(5-10)9(8)7(11)12/h6,10H,3-5H2,1-2H3,(H,11,12). The molecule has 0 saturated carbocycles. The second-order valence-corrected chi connectivity index (χ2v) is 3.84. The lowest BCUT2D eigenvalue weighted by Gasteiger charge is -2.32. The normalized spacial score (nSPS) is 27.6. The zero-order valence-electron chi connectivity index (χ0n) is 7.45. The van der Waals surface area contributed by atoms with E-state index in [9.17, 15) is 4.79 Å². The maximum absolute atomic E-state index is 10.8. The van der Waals surface area contributed by atoms with Crippen LogP contribution in [0.2, 0.25) is 0 Å². The number of aliphatic hydroxyl groups excluding tert-OH is 1. The molecule has 1 unspecified atom stereocenters. The molecule has 1 aliphatic rings. The molecule has 4 nitrogen and oxygen atoms in total. The number of carboxylic acid groups (broad SMARTS) is 1. The fourth-order valence-corrected chi connectivity index (χ4v) is 1.85. The first kappa shape index (κ1) is 9.32. The van der Waals surface area contributed by atoms with Crippen molar-refractivity contribution in [3.05, 3.63) is 0 Å². The van der Waals surface area contributed by atoms with Crippen LogP contribution in [0.25, 0.3) is 0 Å². The Labute approximate surface area is 71.8 Å². The van der Waals surface area contributed by atoms with Crippen LogP contribution in [0.1, 0.15) is 26.7 Å². The van der Waals surface area contributed by atoms with Gasteiger partial charge in [0.15, 0.2) is 0 Å². The molecular weight excluding hydrogens is 158 g/mol. The van der Waals surface area contributed by atoms with Gasteiger partial charge in [-0.1, -0.05) is 0 Å². The van der Waals surface area contributed by atoms with E-state index in [0.717, 1.165) is 12.8 Å². The smallest absolute Gasteiger partial charge is 0.408 e. The molecule has 4 heteroatoms. The van der Waals surface area contributed by atoms with E-state index in [1.165, 1.54) is 4.90 Å². The van der Waals surface area contributed by atoms with Crippen molar-refractivity contribution in [3.63, 3.8) is 0 Å². The van der Waals surface area contributed by atoms with Crippen LogP contribution in [0, 0.1) is 0 Å². The third-order valence-electron chi connectivity index (χ3n) is 2.52. The van der Waals surface area contributed by atoms with Gasteiger partial charge in [0.25, 0.3) is 0 Å². The van der Waals surface area contributed by atoms with E-state index in [4.69, 9.17) is 10.2 Å². The van der Waals surface area contributed by atoms with Gasteiger partial charge in [-0.2, -0.15) is 0 Å². The topological polar surface area (TPSA) is 60.8 Å². The Morgan fingerprint density at radius 1 is 1.67 bits per heavy atom. The summed E-state index contributed by atoms with van der Waals surface area (Å²) in [6.07, 6.45) is 0.650. The Bertz CT molecular complexity index is 191. The molecule has 1 fully saturated rings. The number of hydrogen-bond acceptors (Lipinski definition) is 2. The van der Waals surface area contributed by atoms with Gasteiger partial charge in [0.2, 0.25) is 0 Å². The summed E-state index contributed by atoms with van der Waals surface area (Å²) in [4.78, 5) is 12.2. The minimum Gasteiger partial charge on any atom is -0.465 e. The van der Waals surface area contributed by atoms with Crippen molar-refractivity contribution < 1.29 is 15.0 Å². The maximum Gasteiger partial charge on any atom is 0.408 e. The van der Waals surface area contributed by atoms with Crippen LogP contribution in [-0.4, -0.2) is 39.4 Å². The highest BCUT2D eigenvalue weighted by atomic mass is 16.4. The van der Waals surface area contributed by atoms with Crippen LogP contribution in [0.4, 0.5) is 4.79 Å². The summed E-state index contributed by atoms with van der Waals surface area (Å²) >= 11 is 0. The summed E-state index contributed by atoms with van der Waals surface area (Å²) < 4.78 is 0. The van der Waals surface area contributed by atoms with Crippen LogP contribution in [0.15, 0.2) is 0 Å². The molecule has 0 bridgehead atoms. The van der Waals surface area contributed by atoms with Gasteiger partial charge in [-0.15, -0.1) is 0 Å². The monoisotopic (exact) mass is 173 g/mol. The molecular formula is C8H15NO3. The lowest BCUT2D eigenvalue weighted by molar-refractivity contribution is 0.0759. The van der Waals surface area contributed by atoms with E-state index in [1.807, 2.05) is 13.8 Å². The third kappa shape index (κ3) is 1.39. The van der Waals surface area contributed by atoms with Crippen molar-refractivity contribution >= 4 is 6.09 Å². The highest BCUT2D eigenvalue weighted by molar-refractivity contribution is 5.67. The van der Waals surface area contributed by atoms with Crippen LogP contribution in [0.3, 0.4) is 0 Å². The summed E-state index contributed by atoms with van der Waals surface area (Å²) in [6, 6.07) is -0.211. The minimum atomic E-state index is -0.934. The van der Waals surface area contributed by atoms with Crippen LogP contribution in [0.5, 0.6) is 0 Å². The van der Waals surface area contributed by atoms with Crippen molar-refractivity contribution in [2.24, 2.45) is 0 Å². The highest BCUT2D eigenvalue weighted by Crippen LogP contribution is 2.32. The largest absolute Gasteiger partial charge is 0.465 e. The average Bonchev–Trinajstić information content (AvgIpc) is 2.24. The van der Waals surface area contributed by atoms with Crippen molar-refractivity contribution in [2.75, 3.05) is 6.61 Å². The number of hydrogen-bond donors (Lipinski definition) is 2. The Morgan fingerprint density at radius 3 is 2.58 bits per heavy atom. The van der Waals surface area contributed by atoms with Crippen molar-refractivity contribution in [1.82, 2.24) is 4.90 Å². The van der Waals surface area contributed by atoms with E-state index in [2.05, 4.69) is 0 Å². The molecule has 12 heavy (non-hydrogen) atoms. The number of nitrogens with zero attached hydrogens (tertiary/aromatic N) is 1. The lowest BCUT2D eigenvalue weighted by Crippen LogP contribution is -2.47. The first-order chi connectivity index (χ1) is 5.49. The van der Waals surface area contributed by atoms with Gasteiger partial charge in [-0.25, -0.2) is 4.79 Å². The fraction of sp³-hybridized carbons (Fsp3) is 0.875. The second-order valence-electron chi connectivity index (χ2n) is 3.84. The Hall–Kier alpha value is -0.770. The predicted octanol–water partition coefficient (Wildman–Crippen LogP) is 0.900. The fourth-order valence-electron chi connectivity index (χ4n) is 1.85. The Balaban J connectivity index is 2.80. The molecule has 0 spiro atoms. The zero-order chi connectivity index (χ0) is 9.35. The molecule has 1 saturated heterocycles. The molecule has 1 rings (SSSR count). The van der Waals surface area contributed by atoms with Gasteiger partial charge in [0.05, 0.1) is 12.6 Å². The summed E-state index contributed by atoms with van der Waals surface area (Å²) in [5, 5.41) is 17.8. The maximum atomic E-state index is 10.8. The number of rotatable bonds is 1. The van der Waals surface area contributed by atoms with E-state index < -0.39 is 6.09 Å². The molecule has 0 radical (unpaired) electrons. The zero-order valence-corrected chi connectivity index (χ0v) is 7.45. The highest BCUT2D eigenvalue weighted by Gasteiger charge is 2.42. The van der Waals surface area contributed by atoms with E-state index in [1.54, 1.807) is 0 Å². The summed E-state index contributed by atoms with van der Waals surface area (Å²) in [5.41, 5.74) is -0.320. The molecule has 1 heterocycles. The van der Waals surface area contributed by atoms with E-state index >= 15 is 0 Å². The van der Waals surface area contributed by atoms with Crippen LogP contribution >= 0.6 is 0 Å². The molecule has 0 aliphatic carbocycles. The number of carbonyl (C=O) groups is 1. The van der Waals surface area contributed by atoms with Gasteiger partial charge in [-0.05, 0) is 26.7 Å². The summed E-state index contributed by atoms with van der Waals surface area (Å²) in [7, 11) is 0. The molecule has 70 valence electrons. The second kappa shape index (κ2) is 2.94. The Kier molecular flexibility index (Phi) is 2.28. The number of aliphatic hydroxyl groups is 1. The third-order valence-corrected chi connectivity index (χ3v) is 2.52. The van der Waals surface area contributed by atoms with E-state index in [-0.39, 0.29) is 18.2 Å². The SMILES string of the molecule is CC1(C)CCC(CO)N1C(=O)O. The van der Waals surface area contributed by atoms with Gasteiger partial charge in [-0.3, -0.25) is 4.90 Å². The molecule has 1 amide bonds. The average molecular weight is 173 g/mol. The molecule has 1 atom stereocenters. The lowest BCUT2D eigenvalue weighted by atomic mass is 10.0. The first-order valence-corrected chi connectivity index (χ1v) is 4.12. The van der Waals surface area contributed by atoms with Gasteiger partial charge in [0.1, 0.15) is 0 Å². The van der Waals surface area contributed by atoms with Gasteiger partial charge < -0.3 is 10.2 Å². The molecule has 1 aliphatic heterocycles. The van der Waals surface area contributed by atoms with Crippen LogP contribution < -0.4 is 0 Å². The molecule has 0 aromatic rings. The van der Waals surface area contributed by atoms with Crippen LogP contribution in [-0.2, 0) is 0 Å². The number of amides is 1. The summed E-state index contributed by atoms with van der Waals surface area (Å²) in [5.74, 6) is 0. The molecule has 0 aromatic heterocycles. The van der Waals surface area contributed by atoms with Gasteiger partial charge >= 0.3 is 6.09 Å². The summed E-state index contributed by atoms with van der Waals surface area (Å²) in [6.45, 7) is 3.70. The van der Waals surface area contributed by atoms with Gasteiger partial charge in [0, 0.05) is 5.54 Å². The molecule has 0 aromatic carbocycles. The van der Waals surface area contributed by atoms with Crippen molar-refractivity contribution in [2.45, 2.75) is 38.3 Å². The van der Waals surface area contributed by atoms with Crippen molar-refractivity contribution in [1.29, 1.82) is 0 Å². The number of likely N-dealkylation sites (tertiary alicyclic amines) is 1. The predicted molar refractivity (Wildman–Crippen MR) is 44.1 cm³/mol. The first-order valence-electron chi connectivity index (χ1n) is 4.12. The van der Waals surface area contributed by atoms with E-state index in [0.29, 0.717) is 0 Å². The Morgan fingerprint density at radius 2 is 2.25 bits per heavy atom. The quantitative estimate of drug-likeness (QED) is 0.619. The van der Waals surface area contributed by atoms with Crippen molar-refractivity contribution in [3.8, 4) is 0 Å². The molecule has 2 N–H and O–H groups in total. The minimum absolute atomic E-state index is 0.0737.